The van der Waals surface area contributed by atoms with Gasteiger partial charge < -0.3 is 5.73 Å². The zero-order valence-corrected chi connectivity index (χ0v) is 5.62. The Labute approximate surface area is 61.4 Å². The number of anilines is 1. The average Bonchev–Trinajstić information content (AvgIpc) is 1.82. The molecule has 0 aliphatic heterocycles. The van der Waals surface area contributed by atoms with Crippen LogP contribution in [0.25, 0.3) is 0 Å². The molecular weight excluding hydrogens is 160 g/mol. The number of rotatable bonds is 0. The third-order valence-corrected chi connectivity index (χ3v) is 1.37. The Morgan fingerprint density at radius 3 is 2.00 bits per heavy atom. The second-order valence-corrected chi connectivity index (χ2v) is 2.18. The Morgan fingerprint density at radius 1 is 1.20 bits per heavy atom. The van der Waals surface area contributed by atoms with Gasteiger partial charge in [0.15, 0.2) is 0 Å². The molecule has 0 fully saturated rings. The Balaban J connectivity index is 3.31. The largest absolute Gasteiger partial charge is 0.399 e. The second kappa shape index (κ2) is 2.42. The third kappa shape index (κ3) is 1.19. The molecule has 0 aliphatic rings. The van der Waals surface area contributed by atoms with Gasteiger partial charge in [-0.15, -0.1) is 0 Å². The van der Waals surface area contributed by atoms with Crippen LogP contribution in [0.2, 0.25) is 5.02 Å². The highest BCUT2D eigenvalue weighted by Crippen LogP contribution is 2.20. The maximum atomic E-state index is 12.4. The maximum absolute atomic E-state index is 12.4. The van der Waals surface area contributed by atoms with Gasteiger partial charge >= 0.3 is 0 Å². The molecule has 0 aromatic heterocycles. The van der Waals surface area contributed by atoms with Gasteiger partial charge in [-0.25, -0.2) is 8.78 Å². The molecule has 2 N–H and O–H groups in total. The van der Waals surface area contributed by atoms with Gasteiger partial charge in [0.2, 0.25) is 0 Å². The SMILES string of the molecule is Nc1cc(F)c(Cl)c(F)c1. The van der Waals surface area contributed by atoms with Crippen molar-refractivity contribution in [2.75, 3.05) is 5.73 Å². The fourth-order valence-electron chi connectivity index (χ4n) is 0.575. The smallest absolute Gasteiger partial charge is 0.146 e. The van der Waals surface area contributed by atoms with Crippen LogP contribution in [0, 0.1) is 11.6 Å². The van der Waals surface area contributed by atoms with Crippen molar-refractivity contribution in [3.8, 4) is 0 Å². The summed E-state index contributed by atoms with van der Waals surface area (Å²) in [4.78, 5) is 0. The molecule has 0 saturated carbocycles. The zero-order valence-electron chi connectivity index (χ0n) is 4.87. The minimum atomic E-state index is -0.834. The normalized spacial score (nSPS) is 9.90. The summed E-state index contributed by atoms with van der Waals surface area (Å²) in [6, 6.07) is 1.93. The molecular formula is C6H4ClF2N. The number of hydrogen-bond acceptors (Lipinski definition) is 1. The van der Waals surface area contributed by atoms with Crippen molar-refractivity contribution in [1.29, 1.82) is 0 Å². The molecule has 10 heavy (non-hydrogen) atoms. The first-order valence-electron chi connectivity index (χ1n) is 2.51. The quantitative estimate of drug-likeness (QED) is 0.461. The molecule has 1 aromatic rings. The monoisotopic (exact) mass is 163 g/mol. The Morgan fingerprint density at radius 2 is 1.60 bits per heavy atom. The summed E-state index contributed by atoms with van der Waals surface area (Å²) < 4.78 is 24.8. The third-order valence-electron chi connectivity index (χ3n) is 1.01. The number of hydrogen-bond donors (Lipinski definition) is 1. The van der Waals surface area contributed by atoms with Crippen molar-refractivity contribution in [3.05, 3.63) is 28.8 Å². The summed E-state index contributed by atoms with van der Waals surface area (Å²) in [5.41, 5.74) is 5.12. The van der Waals surface area contributed by atoms with Crippen molar-refractivity contribution < 1.29 is 8.78 Å². The molecule has 0 saturated heterocycles. The Hall–Kier alpha value is -0.830. The predicted octanol–water partition coefficient (Wildman–Crippen LogP) is 2.20. The highest BCUT2D eigenvalue weighted by molar-refractivity contribution is 6.30. The molecule has 1 rings (SSSR count). The van der Waals surface area contributed by atoms with Crippen LogP contribution in [0.3, 0.4) is 0 Å². The van der Waals surface area contributed by atoms with Gasteiger partial charge in [0.05, 0.1) is 0 Å². The van der Waals surface area contributed by atoms with Gasteiger partial charge in [0, 0.05) is 5.69 Å². The molecule has 0 amide bonds. The Bertz CT molecular complexity index is 239. The molecule has 1 aromatic carbocycles. The van der Waals surface area contributed by atoms with Crippen LogP contribution in [-0.4, -0.2) is 0 Å². The molecule has 0 bridgehead atoms. The van der Waals surface area contributed by atoms with Crippen molar-refractivity contribution >= 4 is 17.3 Å². The predicted molar refractivity (Wildman–Crippen MR) is 35.8 cm³/mol. The van der Waals surface area contributed by atoms with Crippen LogP contribution < -0.4 is 5.73 Å². The van der Waals surface area contributed by atoms with E-state index in [0.29, 0.717) is 0 Å². The van der Waals surface area contributed by atoms with E-state index < -0.39 is 16.7 Å². The molecule has 0 heterocycles. The lowest BCUT2D eigenvalue weighted by Gasteiger charge is -1.96. The van der Waals surface area contributed by atoms with Crippen LogP contribution in [-0.2, 0) is 0 Å². The molecule has 1 nitrogen and oxygen atoms in total. The Kier molecular flexibility index (Phi) is 1.76. The lowest BCUT2D eigenvalue weighted by molar-refractivity contribution is 0.585. The van der Waals surface area contributed by atoms with Gasteiger partial charge in [0.1, 0.15) is 16.7 Å². The first-order chi connectivity index (χ1) is 4.61. The first-order valence-corrected chi connectivity index (χ1v) is 2.89. The highest BCUT2D eigenvalue weighted by atomic mass is 35.5. The van der Waals surface area contributed by atoms with Crippen LogP contribution in [0.5, 0.6) is 0 Å². The standard InChI is InChI=1S/C6H4ClF2N/c7-6-4(8)1-3(10)2-5(6)9/h1-2H,10H2. The molecule has 0 aliphatic carbocycles. The van der Waals surface area contributed by atoms with E-state index in [1.54, 1.807) is 0 Å². The fourth-order valence-corrected chi connectivity index (χ4v) is 0.684. The number of halogens is 3. The molecule has 0 unspecified atom stereocenters. The second-order valence-electron chi connectivity index (χ2n) is 1.80. The van der Waals surface area contributed by atoms with Gasteiger partial charge in [-0.05, 0) is 12.1 Å². The fraction of sp³-hybridized carbons (Fsp3) is 0. The van der Waals surface area contributed by atoms with Gasteiger partial charge in [-0.2, -0.15) is 0 Å². The van der Waals surface area contributed by atoms with Crippen LogP contribution in [0.1, 0.15) is 0 Å². The average molecular weight is 164 g/mol. The maximum Gasteiger partial charge on any atom is 0.146 e. The molecule has 0 spiro atoms. The lowest BCUT2D eigenvalue weighted by atomic mass is 10.3. The topological polar surface area (TPSA) is 26.0 Å². The number of nitrogens with two attached hydrogens (primary N) is 1. The van der Waals surface area contributed by atoms with Crippen LogP contribution in [0.15, 0.2) is 12.1 Å². The van der Waals surface area contributed by atoms with Crippen LogP contribution in [0.4, 0.5) is 14.5 Å². The first kappa shape index (κ1) is 7.28. The van der Waals surface area contributed by atoms with E-state index in [4.69, 9.17) is 17.3 Å². The van der Waals surface area contributed by atoms with E-state index >= 15 is 0 Å². The molecule has 0 radical (unpaired) electrons. The van der Waals surface area contributed by atoms with E-state index in [1.165, 1.54) is 0 Å². The van der Waals surface area contributed by atoms with E-state index in [1.807, 2.05) is 0 Å². The van der Waals surface area contributed by atoms with Crippen molar-refractivity contribution in [2.24, 2.45) is 0 Å². The molecule has 0 atom stereocenters. The number of benzene rings is 1. The molecule has 4 heteroatoms. The van der Waals surface area contributed by atoms with Crippen molar-refractivity contribution in [3.63, 3.8) is 0 Å². The van der Waals surface area contributed by atoms with Crippen molar-refractivity contribution in [1.82, 2.24) is 0 Å². The minimum Gasteiger partial charge on any atom is -0.399 e. The van der Waals surface area contributed by atoms with Crippen LogP contribution >= 0.6 is 11.6 Å². The zero-order chi connectivity index (χ0) is 7.72. The number of nitrogen functional groups attached to an aromatic ring is 1. The summed E-state index contributed by atoms with van der Waals surface area (Å²) >= 11 is 5.14. The van der Waals surface area contributed by atoms with E-state index in [-0.39, 0.29) is 5.69 Å². The van der Waals surface area contributed by atoms with Gasteiger partial charge in [-0.3, -0.25) is 0 Å². The highest BCUT2D eigenvalue weighted by Gasteiger charge is 2.05. The molecule has 54 valence electrons. The van der Waals surface area contributed by atoms with Crippen molar-refractivity contribution in [2.45, 2.75) is 0 Å². The van der Waals surface area contributed by atoms with Gasteiger partial charge in [-0.1, -0.05) is 11.6 Å². The van der Waals surface area contributed by atoms with Gasteiger partial charge in [0.25, 0.3) is 0 Å². The minimum absolute atomic E-state index is 0.0272. The van der Waals surface area contributed by atoms with E-state index in [2.05, 4.69) is 0 Å². The summed E-state index contributed by atoms with van der Waals surface area (Å²) in [5.74, 6) is -1.67. The summed E-state index contributed by atoms with van der Waals surface area (Å²) in [6.07, 6.45) is 0. The van der Waals surface area contributed by atoms with E-state index in [0.717, 1.165) is 12.1 Å². The van der Waals surface area contributed by atoms with E-state index in [9.17, 15) is 8.78 Å². The summed E-state index contributed by atoms with van der Waals surface area (Å²) in [7, 11) is 0. The lowest BCUT2D eigenvalue weighted by Crippen LogP contribution is -1.89. The summed E-state index contributed by atoms with van der Waals surface area (Å²) in [5, 5.41) is -0.519. The summed E-state index contributed by atoms with van der Waals surface area (Å²) in [6.45, 7) is 0.